The fraction of sp³-hybridized carbons (Fsp3) is 0.368. The molecule has 130 valence electrons. The van der Waals surface area contributed by atoms with Gasteiger partial charge in [0.15, 0.2) is 0 Å². The summed E-state index contributed by atoms with van der Waals surface area (Å²) in [6.45, 7) is 5.95. The molecule has 0 aliphatic carbocycles. The highest BCUT2D eigenvalue weighted by molar-refractivity contribution is 5.97. The minimum absolute atomic E-state index is 0.112. The number of nitrogens with one attached hydrogen (secondary N) is 1. The van der Waals surface area contributed by atoms with Gasteiger partial charge in [0.05, 0.1) is 28.5 Å². The second kappa shape index (κ2) is 7.01. The van der Waals surface area contributed by atoms with E-state index >= 15 is 0 Å². The first-order chi connectivity index (χ1) is 12.0. The zero-order valence-electron chi connectivity index (χ0n) is 15.1. The molecule has 25 heavy (non-hydrogen) atoms. The first-order valence-electron chi connectivity index (χ1n) is 8.52. The molecular weight excluding hydrogens is 314 g/mol. The van der Waals surface area contributed by atoms with Crippen molar-refractivity contribution in [1.29, 1.82) is 0 Å². The maximum atomic E-state index is 12.7. The number of nitrogens with zero attached hydrogens (tertiary/aromatic N) is 4. The number of benzene rings is 1. The van der Waals surface area contributed by atoms with Gasteiger partial charge in [-0.25, -0.2) is 15.0 Å². The summed E-state index contributed by atoms with van der Waals surface area (Å²) in [7, 11) is 1.94. The molecule has 0 aliphatic rings. The Hall–Kier alpha value is -2.76. The molecule has 0 spiro atoms. The lowest BCUT2D eigenvalue weighted by Gasteiger charge is -2.18. The lowest BCUT2D eigenvalue weighted by molar-refractivity contribution is 0.0932. The maximum absolute atomic E-state index is 12.7. The summed E-state index contributed by atoms with van der Waals surface area (Å²) < 4.78 is 1.94. The van der Waals surface area contributed by atoms with Crippen molar-refractivity contribution in [3.8, 4) is 0 Å². The van der Waals surface area contributed by atoms with E-state index in [4.69, 9.17) is 0 Å². The topological polar surface area (TPSA) is 72.7 Å². The van der Waals surface area contributed by atoms with Gasteiger partial charge in [-0.2, -0.15) is 0 Å². The third-order valence-electron chi connectivity index (χ3n) is 4.39. The van der Waals surface area contributed by atoms with Crippen LogP contribution in [0.3, 0.4) is 0 Å². The SMILES string of the molecule is CCC[C@H](NC(=O)c1ccc2nc(C)c(C)nc2c1)c1nccn1C. The molecule has 0 unspecified atom stereocenters. The molecule has 1 amide bonds. The highest BCUT2D eigenvalue weighted by Gasteiger charge is 2.19. The molecule has 0 saturated carbocycles. The summed E-state index contributed by atoms with van der Waals surface area (Å²) in [5.74, 6) is 0.741. The van der Waals surface area contributed by atoms with Gasteiger partial charge in [0.2, 0.25) is 0 Å². The first-order valence-corrected chi connectivity index (χ1v) is 8.52. The molecule has 0 saturated heterocycles. The average Bonchev–Trinajstić information content (AvgIpc) is 3.01. The largest absolute Gasteiger partial charge is 0.342 e. The van der Waals surface area contributed by atoms with Gasteiger partial charge in [0.25, 0.3) is 5.91 Å². The van der Waals surface area contributed by atoms with Crippen LogP contribution in [-0.2, 0) is 7.05 Å². The summed E-state index contributed by atoms with van der Waals surface area (Å²) in [6.07, 6.45) is 5.43. The van der Waals surface area contributed by atoms with Crippen LogP contribution in [0.25, 0.3) is 11.0 Å². The van der Waals surface area contributed by atoms with Gasteiger partial charge < -0.3 is 9.88 Å². The third-order valence-corrected chi connectivity index (χ3v) is 4.39. The zero-order chi connectivity index (χ0) is 18.0. The van der Waals surface area contributed by atoms with Gasteiger partial charge in [0, 0.05) is 25.0 Å². The number of rotatable bonds is 5. The zero-order valence-corrected chi connectivity index (χ0v) is 15.1. The Kier molecular flexibility index (Phi) is 4.79. The van der Waals surface area contributed by atoms with Gasteiger partial charge in [-0.05, 0) is 38.5 Å². The van der Waals surface area contributed by atoms with Crippen molar-refractivity contribution in [2.45, 2.75) is 39.7 Å². The Labute approximate surface area is 147 Å². The van der Waals surface area contributed by atoms with E-state index in [1.54, 1.807) is 18.3 Å². The average molecular weight is 337 g/mol. The Balaban J connectivity index is 1.87. The van der Waals surface area contributed by atoms with E-state index < -0.39 is 0 Å². The van der Waals surface area contributed by atoms with Crippen LogP contribution < -0.4 is 5.32 Å². The normalized spacial score (nSPS) is 12.3. The summed E-state index contributed by atoms with van der Waals surface area (Å²) >= 11 is 0. The molecule has 1 atom stereocenters. The lowest BCUT2D eigenvalue weighted by Crippen LogP contribution is -2.30. The quantitative estimate of drug-likeness (QED) is 0.775. The summed E-state index contributed by atoms with van der Waals surface area (Å²) in [4.78, 5) is 26.2. The van der Waals surface area contributed by atoms with Gasteiger partial charge in [-0.15, -0.1) is 0 Å². The third kappa shape index (κ3) is 3.52. The van der Waals surface area contributed by atoms with E-state index in [0.717, 1.165) is 41.1 Å². The fourth-order valence-electron chi connectivity index (χ4n) is 2.88. The van der Waals surface area contributed by atoms with Crippen LogP contribution in [0.4, 0.5) is 0 Å². The van der Waals surface area contributed by atoms with Crippen molar-refractivity contribution in [3.05, 3.63) is 53.4 Å². The van der Waals surface area contributed by atoms with Crippen LogP contribution in [0.5, 0.6) is 0 Å². The second-order valence-electron chi connectivity index (χ2n) is 6.31. The van der Waals surface area contributed by atoms with Crippen molar-refractivity contribution in [2.24, 2.45) is 7.05 Å². The van der Waals surface area contributed by atoms with Crippen LogP contribution in [0.1, 0.15) is 53.4 Å². The van der Waals surface area contributed by atoms with E-state index in [1.807, 2.05) is 37.7 Å². The van der Waals surface area contributed by atoms with Crippen molar-refractivity contribution >= 4 is 16.9 Å². The monoisotopic (exact) mass is 337 g/mol. The number of fused-ring (bicyclic) bond motifs is 1. The number of hydrogen-bond donors (Lipinski definition) is 1. The number of aromatic nitrogens is 4. The van der Waals surface area contributed by atoms with Gasteiger partial charge in [-0.3, -0.25) is 4.79 Å². The maximum Gasteiger partial charge on any atom is 0.251 e. The van der Waals surface area contributed by atoms with E-state index in [1.165, 1.54) is 0 Å². The summed E-state index contributed by atoms with van der Waals surface area (Å²) in [5, 5.41) is 3.10. The van der Waals surface area contributed by atoms with E-state index in [0.29, 0.717) is 5.56 Å². The summed E-state index contributed by atoms with van der Waals surface area (Å²) in [6, 6.07) is 5.33. The molecule has 0 bridgehead atoms. The van der Waals surface area contributed by atoms with Crippen LogP contribution in [0, 0.1) is 13.8 Å². The molecule has 6 nitrogen and oxygen atoms in total. The molecular formula is C19H23N5O. The predicted molar refractivity (Wildman–Crippen MR) is 97.3 cm³/mol. The Bertz CT molecular complexity index is 915. The van der Waals surface area contributed by atoms with Crippen molar-refractivity contribution in [3.63, 3.8) is 0 Å². The lowest BCUT2D eigenvalue weighted by atomic mass is 10.1. The Morgan fingerprint density at radius 3 is 2.56 bits per heavy atom. The predicted octanol–water partition coefficient (Wildman–Crippen LogP) is 3.25. The number of hydrogen-bond acceptors (Lipinski definition) is 4. The van der Waals surface area contributed by atoms with Crippen LogP contribution >= 0.6 is 0 Å². The Morgan fingerprint density at radius 1 is 1.20 bits per heavy atom. The van der Waals surface area contributed by atoms with Crippen LogP contribution in [0.15, 0.2) is 30.6 Å². The van der Waals surface area contributed by atoms with Crippen molar-refractivity contribution in [1.82, 2.24) is 24.8 Å². The minimum atomic E-state index is -0.122. The van der Waals surface area contributed by atoms with Gasteiger partial charge in [0.1, 0.15) is 5.82 Å². The van der Waals surface area contributed by atoms with Crippen LogP contribution in [-0.4, -0.2) is 25.4 Å². The van der Waals surface area contributed by atoms with E-state index in [9.17, 15) is 4.79 Å². The van der Waals surface area contributed by atoms with Gasteiger partial charge in [-0.1, -0.05) is 13.3 Å². The second-order valence-corrected chi connectivity index (χ2v) is 6.31. The van der Waals surface area contributed by atoms with Crippen LogP contribution in [0.2, 0.25) is 0 Å². The van der Waals surface area contributed by atoms with Crippen molar-refractivity contribution in [2.75, 3.05) is 0 Å². The van der Waals surface area contributed by atoms with E-state index in [2.05, 4.69) is 27.2 Å². The Morgan fingerprint density at radius 2 is 1.92 bits per heavy atom. The molecule has 2 heterocycles. The number of carbonyl (C=O) groups excluding carboxylic acids is 1. The smallest absolute Gasteiger partial charge is 0.251 e. The molecule has 0 radical (unpaired) electrons. The molecule has 1 N–H and O–H groups in total. The highest BCUT2D eigenvalue weighted by atomic mass is 16.1. The highest BCUT2D eigenvalue weighted by Crippen LogP contribution is 2.19. The number of carbonyl (C=O) groups is 1. The standard InChI is InChI=1S/C19H23N5O/c1-5-6-16(18-20-9-10-24(18)4)23-19(25)14-7-8-15-17(11-14)22-13(3)12(2)21-15/h7-11,16H,5-6H2,1-4H3,(H,23,25)/t16-/m0/s1. The van der Waals surface area contributed by atoms with E-state index in [-0.39, 0.29) is 11.9 Å². The van der Waals surface area contributed by atoms with Gasteiger partial charge >= 0.3 is 0 Å². The fourth-order valence-corrected chi connectivity index (χ4v) is 2.88. The number of aryl methyl sites for hydroxylation is 3. The molecule has 0 aliphatic heterocycles. The number of amides is 1. The number of imidazole rings is 1. The van der Waals surface area contributed by atoms with Crippen molar-refractivity contribution < 1.29 is 4.79 Å². The molecule has 2 aromatic heterocycles. The molecule has 6 heteroatoms. The summed E-state index contributed by atoms with van der Waals surface area (Å²) in [5.41, 5.74) is 3.90. The minimum Gasteiger partial charge on any atom is -0.342 e. The molecule has 0 fully saturated rings. The first kappa shape index (κ1) is 17.1. The molecule has 3 aromatic rings. The molecule has 3 rings (SSSR count). The molecule has 1 aromatic carbocycles.